The summed E-state index contributed by atoms with van der Waals surface area (Å²) in [6.07, 6.45) is 0.252. The number of fused-ring (bicyclic) bond motifs is 1. The number of aromatic nitrogens is 1. The Morgan fingerprint density at radius 1 is 1.30 bits per heavy atom. The molecule has 2 aromatic rings. The summed E-state index contributed by atoms with van der Waals surface area (Å²) in [5, 5.41) is 2.32. The van der Waals surface area contributed by atoms with E-state index in [1.165, 1.54) is 5.39 Å². The third-order valence-corrected chi connectivity index (χ3v) is 3.42. The summed E-state index contributed by atoms with van der Waals surface area (Å²) in [4.78, 5) is 6.78. The molecule has 0 aliphatic carbocycles. The third kappa shape index (κ3) is 3.62. The normalized spacial score (nSPS) is 11.2. The van der Waals surface area contributed by atoms with Crippen molar-refractivity contribution in [1.29, 1.82) is 0 Å². The fraction of sp³-hybridized carbons (Fsp3) is 0.438. The topological polar surface area (TPSA) is 25.4 Å². The Morgan fingerprint density at radius 3 is 2.75 bits per heavy atom. The lowest BCUT2D eigenvalue weighted by molar-refractivity contribution is 0.0845. The van der Waals surface area contributed by atoms with Gasteiger partial charge in [0.1, 0.15) is 5.82 Å². The van der Waals surface area contributed by atoms with Crippen molar-refractivity contribution in [3.8, 4) is 0 Å². The van der Waals surface area contributed by atoms with Crippen LogP contribution in [0.1, 0.15) is 19.5 Å². The molecular formula is C16H21ClN2O. The van der Waals surface area contributed by atoms with Crippen LogP contribution in [-0.4, -0.2) is 31.3 Å². The maximum Gasteiger partial charge on any atom is 0.136 e. The molecule has 1 aromatic carbocycles. The third-order valence-electron chi connectivity index (χ3n) is 3.15. The smallest absolute Gasteiger partial charge is 0.136 e. The highest BCUT2D eigenvalue weighted by Crippen LogP contribution is 2.25. The minimum absolute atomic E-state index is 0.252. The average Bonchev–Trinajstić information content (AvgIpc) is 2.45. The minimum atomic E-state index is 0.252. The lowest BCUT2D eigenvalue weighted by Gasteiger charge is -2.21. The Labute approximate surface area is 125 Å². The van der Waals surface area contributed by atoms with E-state index in [1.807, 2.05) is 39.1 Å². The van der Waals surface area contributed by atoms with E-state index >= 15 is 0 Å². The van der Waals surface area contributed by atoms with Crippen molar-refractivity contribution in [3.05, 3.63) is 36.0 Å². The predicted molar refractivity (Wildman–Crippen MR) is 85.7 cm³/mol. The number of hydrogen-bond donors (Lipinski definition) is 0. The predicted octanol–water partition coefficient (Wildman–Crippen LogP) is 3.83. The maximum absolute atomic E-state index is 5.94. The summed E-state index contributed by atoms with van der Waals surface area (Å²) < 4.78 is 5.61. The zero-order valence-electron chi connectivity index (χ0n) is 12.3. The molecular weight excluding hydrogens is 272 g/mol. The lowest BCUT2D eigenvalue weighted by atomic mass is 10.1. The van der Waals surface area contributed by atoms with E-state index in [-0.39, 0.29) is 6.10 Å². The van der Waals surface area contributed by atoms with Crippen LogP contribution >= 0.6 is 11.6 Å². The van der Waals surface area contributed by atoms with E-state index in [4.69, 9.17) is 16.3 Å². The Balaban J connectivity index is 2.27. The number of rotatable bonds is 6. The molecule has 0 bridgehead atoms. The van der Waals surface area contributed by atoms with Crippen LogP contribution in [0, 0.1) is 0 Å². The Morgan fingerprint density at radius 2 is 2.05 bits per heavy atom. The summed E-state index contributed by atoms with van der Waals surface area (Å²) >= 11 is 5.94. The summed E-state index contributed by atoms with van der Waals surface area (Å²) in [6.45, 7) is 5.58. The number of ether oxygens (including phenoxy) is 1. The van der Waals surface area contributed by atoms with Gasteiger partial charge in [-0.05, 0) is 25.3 Å². The molecule has 4 heteroatoms. The van der Waals surface area contributed by atoms with Crippen LogP contribution in [0.15, 0.2) is 30.3 Å². The number of pyridine rings is 1. The van der Waals surface area contributed by atoms with Gasteiger partial charge >= 0.3 is 0 Å². The van der Waals surface area contributed by atoms with Gasteiger partial charge in [0.2, 0.25) is 0 Å². The second-order valence-electron chi connectivity index (χ2n) is 5.13. The molecule has 0 aliphatic heterocycles. The number of likely N-dealkylation sites (N-methyl/N-ethyl adjacent to an activating group) is 1. The van der Waals surface area contributed by atoms with Crippen LogP contribution in [0.3, 0.4) is 0 Å². The van der Waals surface area contributed by atoms with Gasteiger partial charge < -0.3 is 9.64 Å². The van der Waals surface area contributed by atoms with Gasteiger partial charge in [0.15, 0.2) is 0 Å². The summed E-state index contributed by atoms with van der Waals surface area (Å²) in [5.41, 5.74) is 0.900. The van der Waals surface area contributed by atoms with E-state index < -0.39 is 0 Å². The fourth-order valence-corrected chi connectivity index (χ4v) is 2.26. The van der Waals surface area contributed by atoms with E-state index in [9.17, 15) is 0 Å². The first-order valence-corrected chi connectivity index (χ1v) is 7.42. The lowest BCUT2D eigenvalue weighted by Crippen LogP contribution is -2.25. The van der Waals surface area contributed by atoms with Crippen LogP contribution in [-0.2, 0) is 10.6 Å². The van der Waals surface area contributed by atoms with Gasteiger partial charge in [0, 0.05) is 19.0 Å². The summed E-state index contributed by atoms with van der Waals surface area (Å²) in [7, 11) is 2.04. The first kappa shape index (κ1) is 15.1. The Bertz CT molecular complexity index is 571. The van der Waals surface area contributed by atoms with Crippen LogP contribution in [0.5, 0.6) is 0 Å². The van der Waals surface area contributed by atoms with Crippen molar-refractivity contribution in [2.75, 3.05) is 25.1 Å². The van der Waals surface area contributed by atoms with Crippen molar-refractivity contribution < 1.29 is 4.74 Å². The van der Waals surface area contributed by atoms with E-state index in [0.29, 0.717) is 12.5 Å². The quantitative estimate of drug-likeness (QED) is 0.757. The molecule has 1 aromatic heterocycles. The van der Waals surface area contributed by atoms with Gasteiger partial charge in [-0.3, -0.25) is 0 Å². The largest absolute Gasteiger partial charge is 0.377 e. The zero-order valence-corrected chi connectivity index (χ0v) is 13.0. The second-order valence-corrected chi connectivity index (χ2v) is 5.40. The molecule has 108 valence electrons. The van der Waals surface area contributed by atoms with Crippen LogP contribution < -0.4 is 4.90 Å². The molecule has 0 saturated carbocycles. The highest BCUT2D eigenvalue weighted by atomic mass is 35.5. The molecule has 2 rings (SSSR count). The molecule has 3 nitrogen and oxygen atoms in total. The monoisotopic (exact) mass is 292 g/mol. The van der Waals surface area contributed by atoms with Gasteiger partial charge in [-0.1, -0.05) is 24.3 Å². The first-order valence-electron chi connectivity index (χ1n) is 6.89. The zero-order chi connectivity index (χ0) is 14.5. The van der Waals surface area contributed by atoms with Crippen molar-refractivity contribution in [2.45, 2.75) is 25.8 Å². The number of nitrogens with zero attached hydrogens (tertiary/aromatic N) is 2. The molecule has 0 spiro atoms. The highest BCUT2D eigenvalue weighted by Gasteiger charge is 2.10. The van der Waals surface area contributed by atoms with Gasteiger partial charge in [-0.25, -0.2) is 4.98 Å². The van der Waals surface area contributed by atoms with Crippen LogP contribution in [0.25, 0.3) is 10.8 Å². The standard InChI is InChI=1S/C16H21ClN2O/c1-12(2)20-9-8-19(3)16-15-7-5-4-6-13(15)10-14(11-17)18-16/h4-7,10,12H,8-9,11H2,1-3H3. The maximum atomic E-state index is 5.94. The van der Waals surface area contributed by atoms with E-state index in [1.54, 1.807) is 0 Å². The summed E-state index contributed by atoms with van der Waals surface area (Å²) in [5.74, 6) is 1.39. The fourth-order valence-electron chi connectivity index (χ4n) is 2.13. The first-order chi connectivity index (χ1) is 9.61. The Hall–Kier alpha value is -1.32. The van der Waals surface area contributed by atoms with E-state index in [2.05, 4.69) is 22.0 Å². The van der Waals surface area contributed by atoms with Crippen molar-refractivity contribution in [3.63, 3.8) is 0 Å². The van der Waals surface area contributed by atoms with Gasteiger partial charge in [0.05, 0.1) is 24.3 Å². The minimum Gasteiger partial charge on any atom is -0.377 e. The molecule has 0 fully saturated rings. The highest BCUT2D eigenvalue weighted by molar-refractivity contribution is 6.17. The van der Waals surface area contributed by atoms with Gasteiger partial charge in [0.25, 0.3) is 0 Å². The Kier molecular flexibility index (Phi) is 5.21. The van der Waals surface area contributed by atoms with Crippen LogP contribution in [0.2, 0.25) is 0 Å². The SMILES string of the molecule is CC(C)OCCN(C)c1nc(CCl)cc2ccccc12. The number of alkyl halides is 1. The molecule has 0 radical (unpaired) electrons. The van der Waals surface area contributed by atoms with Crippen molar-refractivity contribution >= 4 is 28.2 Å². The van der Waals surface area contributed by atoms with Gasteiger partial charge in [-0.15, -0.1) is 11.6 Å². The van der Waals surface area contributed by atoms with Crippen molar-refractivity contribution in [2.24, 2.45) is 0 Å². The summed E-state index contributed by atoms with van der Waals surface area (Å²) in [6, 6.07) is 10.3. The van der Waals surface area contributed by atoms with Crippen LogP contribution in [0.4, 0.5) is 5.82 Å². The molecule has 0 saturated heterocycles. The van der Waals surface area contributed by atoms with Gasteiger partial charge in [-0.2, -0.15) is 0 Å². The average molecular weight is 293 g/mol. The molecule has 0 amide bonds. The van der Waals surface area contributed by atoms with Crippen molar-refractivity contribution in [1.82, 2.24) is 4.98 Å². The number of hydrogen-bond acceptors (Lipinski definition) is 3. The molecule has 1 heterocycles. The van der Waals surface area contributed by atoms with E-state index in [0.717, 1.165) is 23.4 Å². The molecule has 20 heavy (non-hydrogen) atoms. The number of halogens is 1. The number of benzene rings is 1. The molecule has 0 unspecified atom stereocenters. The molecule has 0 atom stereocenters. The molecule has 0 N–H and O–H groups in total. The number of anilines is 1. The second kappa shape index (κ2) is 6.91. The molecule has 0 aliphatic rings.